The fourth-order valence-corrected chi connectivity index (χ4v) is 3.02. The summed E-state index contributed by atoms with van der Waals surface area (Å²) in [5.41, 5.74) is 2.21. The maximum atomic E-state index is 12.6. The number of hydrogen-bond acceptors (Lipinski definition) is 4. The molecule has 0 aromatic carbocycles. The van der Waals surface area contributed by atoms with Gasteiger partial charge in [-0.2, -0.15) is 0 Å². The van der Waals surface area contributed by atoms with E-state index in [4.69, 9.17) is 4.42 Å². The summed E-state index contributed by atoms with van der Waals surface area (Å²) in [6.07, 6.45) is 1.49. The van der Waals surface area contributed by atoms with Crippen LogP contribution in [-0.4, -0.2) is 52.8 Å². The third-order valence-corrected chi connectivity index (χ3v) is 4.58. The summed E-state index contributed by atoms with van der Waals surface area (Å²) in [7, 11) is 0. The lowest BCUT2D eigenvalue weighted by Crippen LogP contribution is -2.50. The van der Waals surface area contributed by atoms with Crippen LogP contribution in [0.2, 0.25) is 0 Å². The average molecular weight is 343 g/mol. The number of rotatable bonds is 4. The van der Waals surface area contributed by atoms with Gasteiger partial charge in [0.2, 0.25) is 5.91 Å². The third-order valence-electron chi connectivity index (χ3n) is 4.58. The van der Waals surface area contributed by atoms with Gasteiger partial charge < -0.3 is 14.2 Å². The summed E-state index contributed by atoms with van der Waals surface area (Å²) >= 11 is 0. The standard InChI is InChI=1S/C19H25N3O3/c1-13(2)4-7-18(23)21-8-10-22(11-9-21)19(24)17-12-15-16(25-17)6-5-14(3)20-15/h5-6,12-13H,4,7-11H2,1-3H3. The smallest absolute Gasteiger partial charge is 0.289 e. The first-order chi connectivity index (χ1) is 11.9. The highest BCUT2D eigenvalue weighted by Crippen LogP contribution is 2.20. The Morgan fingerprint density at radius 1 is 1.16 bits per heavy atom. The van der Waals surface area contributed by atoms with Gasteiger partial charge in [0.05, 0.1) is 0 Å². The van der Waals surface area contributed by atoms with E-state index in [1.54, 1.807) is 11.0 Å². The van der Waals surface area contributed by atoms with Crippen molar-refractivity contribution >= 4 is 22.9 Å². The molecule has 3 heterocycles. The lowest BCUT2D eigenvalue weighted by molar-refractivity contribution is -0.132. The summed E-state index contributed by atoms with van der Waals surface area (Å²) in [6, 6.07) is 5.40. The molecule has 1 fully saturated rings. The SMILES string of the molecule is Cc1ccc2oc(C(=O)N3CCN(C(=O)CCC(C)C)CC3)cc2n1. The van der Waals surface area contributed by atoms with Crippen LogP contribution in [0.15, 0.2) is 22.6 Å². The van der Waals surface area contributed by atoms with Gasteiger partial charge in [-0.25, -0.2) is 4.98 Å². The van der Waals surface area contributed by atoms with Gasteiger partial charge in [0.1, 0.15) is 5.52 Å². The van der Waals surface area contributed by atoms with E-state index in [1.165, 1.54) is 0 Å². The summed E-state index contributed by atoms with van der Waals surface area (Å²) in [5.74, 6) is 0.888. The van der Waals surface area contributed by atoms with Crippen molar-refractivity contribution in [3.05, 3.63) is 29.7 Å². The van der Waals surface area contributed by atoms with E-state index in [9.17, 15) is 9.59 Å². The van der Waals surface area contributed by atoms with Crippen molar-refractivity contribution < 1.29 is 14.0 Å². The summed E-state index contributed by atoms with van der Waals surface area (Å²) in [4.78, 5) is 32.8. The fourth-order valence-electron chi connectivity index (χ4n) is 3.02. The summed E-state index contributed by atoms with van der Waals surface area (Å²) < 4.78 is 5.64. The Balaban J connectivity index is 1.60. The van der Waals surface area contributed by atoms with Crippen molar-refractivity contribution in [1.82, 2.24) is 14.8 Å². The maximum absolute atomic E-state index is 12.6. The molecule has 0 N–H and O–H groups in total. The normalized spacial score (nSPS) is 15.2. The first-order valence-electron chi connectivity index (χ1n) is 8.88. The molecular formula is C19H25N3O3. The van der Waals surface area contributed by atoms with Crippen LogP contribution in [0.1, 0.15) is 42.9 Å². The van der Waals surface area contributed by atoms with Gasteiger partial charge in [-0.1, -0.05) is 13.8 Å². The Bertz CT molecular complexity index is 773. The quantitative estimate of drug-likeness (QED) is 0.856. The van der Waals surface area contributed by atoms with Crippen LogP contribution in [0.5, 0.6) is 0 Å². The number of aromatic nitrogens is 1. The first kappa shape index (κ1) is 17.5. The molecule has 0 radical (unpaired) electrons. The predicted molar refractivity (Wildman–Crippen MR) is 95.3 cm³/mol. The Labute approximate surface area is 147 Å². The third kappa shape index (κ3) is 4.00. The van der Waals surface area contributed by atoms with E-state index in [-0.39, 0.29) is 11.8 Å². The van der Waals surface area contributed by atoms with E-state index in [0.717, 1.165) is 12.1 Å². The maximum Gasteiger partial charge on any atom is 0.289 e. The molecule has 2 aromatic heterocycles. The van der Waals surface area contributed by atoms with E-state index in [2.05, 4.69) is 18.8 Å². The van der Waals surface area contributed by atoms with E-state index in [1.807, 2.05) is 24.0 Å². The van der Waals surface area contributed by atoms with Crippen molar-refractivity contribution in [3.63, 3.8) is 0 Å². The Hall–Kier alpha value is -2.37. The molecule has 1 aliphatic rings. The highest BCUT2D eigenvalue weighted by atomic mass is 16.3. The molecule has 0 spiro atoms. The molecule has 6 nitrogen and oxygen atoms in total. The highest BCUT2D eigenvalue weighted by Gasteiger charge is 2.26. The molecule has 2 aromatic rings. The number of aryl methyl sites for hydroxylation is 1. The lowest BCUT2D eigenvalue weighted by Gasteiger charge is -2.34. The number of furan rings is 1. The average Bonchev–Trinajstić information content (AvgIpc) is 3.02. The molecule has 0 atom stereocenters. The molecule has 0 saturated carbocycles. The van der Waals surface area contributed by atoms with E-state index < -0.39 is 0 Å². The second kappa shape index (κ2) is 7.25. The van der Waals surface area contributed by atoms with Crippen molar-refractivity contribution in [1.29, 1.82) is 0 Å². The van der Waals surface area contributed by atoms with Crippen molar-refractivity contribution in [3.8, 4) is 0 Å². The van der Waals surface area contributed by atoms with Crippen molar-refractivity contribution in [2.45, 2.75) is 33.6 Å². The number of fused-ring (bicyclic) bond motifs is 1. The van der Waals surface area contributed by atoms with E-state index >= 15 is 0 Å². The minimum Gasteiger partial charge on any atom is -0.449 e. The number of nitrogens with zero attached hydrogens (tertiary/aromatic N) is 3. The number of piperazine rings is 1. The molecule has 0 bridgehead atoms. The number of carbonyl (C=O) groups excluding carboxylic acids is 2. The second-order valence-corrected chi connectivity index (χ2v) is 7.05. The van der Waals surface area contributed by atoms with Gasteiger partial charge in [-0.3, -0.25) is 9.59 Å². The number of hydrogen-bond donors (Lipinski definition) is 0. The van der Waals surface area contributed by atoms with Gasteiger partial charge in [-0.15, -0.1) is 0 Å². The first-order valence-corrected chi connectivity index (χ1v) is 8.88. The summed E-state index contributed by atoms with van der Waals surface area (Å²) in [6.45, 7) is 8.39. The van der Waals surface area contributed by atoms with Crippen molar-refractivity contribution in [2.75, 3.05) is 26.2 Å². The molecule has 2 amide bonds. The molecule has 6 heteroatoms. The van der Waals surface area contributed by atoms with Gasteiger partial charge in [-0.05, 0) is 31.4 Å². The zero-order chi connectivity index (χ0) is 18.0. The Kier molecular flexibility index (Phi) is 5.06. The van der Waals surface area contributed by atoms with Gasteiger partial charge in [0.15, 0.2) is 11.3 Å². The van der Waals surface area contributed by atoms with Crippen molar-refractivity contribution in [2.24, 2.45) is 5.92 Å². The van der Waals surface area contributed by atoms with Gasteiger partial charge >= 0.3 is 0 Å². The van der Waals surface area contributed by atoms with Crippen LogP contribution in [0.3, 0.4) is 0 Å². The summed E-state index contributed by atoms with van der Waals surface area (Å²) in [5, 5.41) is 0. The molecule has 3 rings (SSSR count). The molecule has 1 aliphatic heterocycles. The predicted octanol–water partition coefficient (Wildman–Crippen LogP) is 2.86. The molecular weight excluding hydrogens is 318 g/mol. The van der Waals surface area contributed by atoms with Crippen LogP contribution < -0.4 is 0 Å². The number of amides is 2. The zero-order valence-corrected chi connectivity index (χ0v) is 15.1. The molecule has 0 unspecified atom stereocenters. The minimum atomic E-state index is -0.134. The van der Waals surface area contributed by atoms with E-state index in [0.29, 0.717) is 55.4 Å². The highest BCUT2D eigenvalue weighted by molar-refractivity contribution is 5.95. The van der Waals surface area contributed by atoms with Crippen LogP contribution in [0.25, 0.3) is 11.1 Å². The Morgan fingerprint density at radius 2 is 1.84 bits per heavy atom. The zero-order valence-electron chi connectivity index (χ0n) is 15.1. The monoisotopic (exact) mass is 343 g/mol. The van der Waals surface area contributed by atoms with Gasteiger partial charge in [0, 0.05) is 44.4 Å². The second-order valence-electron chi connectivity index (χ2n) is 7.05. The van der Waals surface area contributed by atoms with Gasteiger partial charge in [0.25, 0.3) is 5.91 Å². The molecule has 134 valence electrons. The van der Waals surface area contributed by atoms with Crippen LogP contribution >= 0.6 is 0 Å². The van der Waals surface area contributed by atoms with Crippen LogP contribution in [0.4, 0.5) is 0 Å². The Morgan fingerprint density at radius 3 is 2.52 bits per heavy atom. The van der Waals surface area contributed by atoms with Crippen LogP contribution in [0, 0.1) is 12.8 Å². The largest absolute Gasteiger partial charge is 0.449 e. The fraction of sp³-hybridized carbons (Fsp3) is 0.526. The lowest BCUT2D eigenvalue weighted by atomic mass is 10.1. The number of pyridine rings is 1. The molecule has 1 saturated heterocycles. The minimum absolute atomic E-state index is 0.134. The van der Waals surface area contributed by atoms with Crippen LogP contribution in [-0.2, 0) is 4.79 Å². The molecule has 25 heavy (non-hydrogen) atoms. The molecule has 0 aliphatic carbocycles. The number of carbonyl (C=O) groups is 2. The topological polar surface area (TPSA) is 66.7 Å².